The van der Waals surface area contributed by atoms with Crippen LogP contribution >= 0.6 is 11.6 Å². The van der Waals surface area contributed by atoms with Crippen molar-refractivity contribution >= 4 is 17.6 Å². The van der Waals surface area contributed by atoms with Crippen molar-refractivity contribution in [2.75, 3.05) is 13.2 Å². The second-order valence-corrected chi connectivity index (χ2v) is 4.26. The number of carbonyl (C=O) groups is 1. The van der Waals surface area contributed by atoms with E-state index >= 15 is 0 Å². The third kappa shape index (κ3) is 3.30. The van der Waals surface area contributed by atoms with Crippen molar-refractivity contribution in [3.8, 4) is 23.1 Å². The van der Waals surface area contributed by atoms with E-state index in [1.807, 2.05) is 6.07 Å². The van der Waals surface area contributed by atoms with Gasteiger partial charge in [0.1, 0.15) is 17.5 Å². The van der Waals surface area contributed by atoms with Crippen LogP contribution in [0.3, 0.4) is 0 Å². The lowest BCUT2D eigenvalue weighted by Gasteiger charge is -2.08. The predicted octanol–water partition coefficient (Wildman–Crippen LogP) is 2.20. The van der Waals surface area contributed by atoms with Crippen molar-refractivity contribution in [2.45, 2.75) is 6.92 Å². The molecule has 1 aromatic heterocycles. The average Bonchev–Trinajstić information content (AvgIpc) is 2.95. The van der Waals surface area contributed by atoms with E-state index in [0.29, 0.717) is 16.3 Å². The van der Waals surface area contributed by atoms with Crippen molar-refractivity contribution in [3.63, 3.8) is 0 Å². The van der Waals surface area contributed by atoms with Crippen LogP contribution < -0.4 is 4.74 Å². The first kappa shape index (κ1) is 14.8. The van der Waals surface area contributed by atoms with E-state index in [0.717, 1.165) is 0 Å². The first-order valence-electron chi connectivity index (χ1n) is 6.05. The van der Waals surface area contributed by atoms with Gasteiger partial charge < -0.3 is 9.47 Å². The molecule has 0 aliphatic carbocycles. The molecule has 0 spiro atoms. The maximum Gasteiger partial charge on any atom is 0.361 e. The summed E-state index contributed by atoms with van der Waals surface area (Å²) in [6.45, 7) is 1.78. The van der Waals surface area contributed by atoms with E-state index in [1.54, 1.807) is 25.1 Å². The Bertz CT molecular complexity index is 693. The van der Waals surface area contributed by atoms with E-state index in [9.17, 15) is 4.79 Å². The van der Waals surface area contributed by atoms with Crippen LogP contribution in [0.15, 0.2) is 18.2 Å². The highest BCUT2D eigenvalue weighted by atomic mass is 35.5. The number of aromatic nitrogens is 3. The zero-order valence-electron chi connectivity index (χ0n) is 11.1. The highest BCUT2D eigenvalue weighted by Crippen LogP contribution is 2.33. The van der Waals surface area contributed by atoms with Crippen LogP contribution in [0.2, 0.25) is 5.02 Å². The molecule has 0 amide bonds. The highest BCUT2D eigenvalue weighted by Gasteiger charge is 2.22. The van der Waals surface area contributed by atoms with Crippen molar-refractivity contribution in [3.05, 3.63) is 28.9 Å². The van der Waals surface area contributed by atoms with E-state index in [4.69, 9.17) is 26.3 Å². The van der Waals surface area contributed by atoms with Gasteiger partial charge in [0, 0.05) is 10.6 Å². The van der Waals surface area contributed by atoms with Gasteiger partial charge in [0.15, 0.2) is 12.3 Å². The fourth-order valence-electron chi connectivity index (χ4n) is 1.68. The molecule has 2 rings (SSSR count). The van der Waals surface area contributed by atoms with Gasteiger partial charge in [0.05, 0.1) is 6.61 Å². The fraction of sp³-hybridized carbons (Fsp3) is 0.231. The maximum absolute atomic E-state index is 11.8. The van der Waals surface area contributed by atoms with Crippen molar-refractivity contribution in [2.24, 2.45) is 0 Å². The van der Waals surface area contributed by atoms with Crippen molar-refractivity contribution in [1.82, 2.24) is 15.4 Å². The molecule has 0 saturated heterocycles. The molecule has 0 aliphatic rings. The van der Waals surface area contributed by atoms with Gasteiger partial charge in [-0.05, 0) is 25.1 Å². The molecule has 0 bridgehead atoms. The van der Waals surface area contributed by atoms with Crippen molar-refractivity contribution < 1.29 is 14.3 Å². The number of nitriles is 1. The molecule has 1 N–H and O–H groups in total. The number of carbonyl (C=O) groups excluding carboxylic acids is 1. The number of ether oxygens (including phenoxy) is 2. The third-order valence-corrected chi connectivity index (χ3v) is 2.74. The van der Waals surface area contributed by atoms with Crippen LogP contribution in [-0.2, 0) is 4.74 Å². The second kappa shape index (κ2) is 6.72. The Morgan fingerprint density at radius 2 is 2.29 bits per heavy atom. The van der Waals surface area contributed by atoms with Crippen LogP contribution in [0.25, 0.3) is 11.3 Å². The Kier molecular flexibility index (Phi) is 4.74. The van der Waals surface area contributed by atoms with E-state index < -0.39 is 5.97 Å². The van der Waals surface area contributed by atoms with Crippen LogP contribution in [0.4, 0.5) is 0 Å². The normalized spacial score (nSPS) is 9.95. The summed E-state index contributed by atoms with van der Waals surface area (Å²) in [6.07, 6.45) is 0. The number of nitrogens with zero attached hydrogens (tertiary/aromatic N) is 3. The molecule has 0 unspecified atom stereocenters. The van der Waals surface area contributed by atoms with Crippen LogP contribution in [0.5, 0.6) is 5.75 Å². The molecule has 0 saturated carbocycles. The zero-order chi connectivity index (χ0) is 15.2. The summed E-state index contributed by atoms with van der Waals surface area (Å²) in [4.78, 5) is 11.8. The molecular weight excluding hydrogens is 296 g/mol. The molecule has 108 valence electrons. The zero-order valence-corrected chi connectivity index (χ0v) is 11.8. The molecule has 1 heterocycles. The Morgan fingerprint density at radius 3 is 3.00 bits per heavy atom. The van der Waals surface area contributed by atoms with Gasteiger partial charge in [-0.15, -0.1) is 5.10 Å². The Hall–Kier alpha value is -2.59. The molecule has 0 aliphatic heterocycles. The van der Waals surface area contributed by atoms with Gasteiger partial charge in [-0.25, -0.2) is 4.79 Å². The molecule has 8 heteroatoms. The Balaban J connectivity index is 2.46. The lowest BCUT2D eigenvalue weighted by atomic mass is 10.1. The average molecular weight is 307 g/mol. The monoisotopic (exact) mass is 306 g/mol. The summed E-state index contributed by atoms with van der Waals surface area (Å²) in [5.74, 6) is -0.229. The smallest absolute Gasteiger partial charge is 0.361 e. The number of H-pyrrole nitrogens is 1. The number of nitrogens with one attached hydrogen (secondary N) is 1. The number of aromatic amines is 1. The minimum atomic E-state index is -0.604. The largest absolute Gasteiger partial charge is 0.478 e. The highest BCUT2D eigenvalue weighted by molar-refractivity contribution is 6.31. The summed E-state index contributed by atoms with van der Waals surface area (Å²) in [7, 11) is 0. The molecule has 7 nitrogen and oxygen atoms in total. The number of esters is 1. The van der Waals surface area contributed by atoms with E-state index in [-0.39, 0.29) is 24.6 Å². The SMILES string of the molecule is CCOC(=O)c1n[nH]nc1-c1cc(Cl)ccc1OCC#N. The molecule has 1 aromatic carbocycles. The minimum Gasteiger partial charge on any atom is -0.478 e. The van der Waals surface area contributed by atoms with E-state index in [2.05, 4.69) is 15.4 Å². The molecule has 0 radical (unpaired) electrons. The van der Waals surface area contributed by atoms with Gasteiger partial charge in [0.2, 0.25) is 0 Å². The fourth-order valence-corrected chi connectivity index (χ4v) is 1.86. The Labute approximate surface area is 125 Å². The third-order valence-electron chi connectivity index (χ3n) is 2.51. The van der Waals surface area contributed by atoms with E-state index in [1.165, 1.54) is 0 Å². The molecule has 2 aromatic rings. The number of halogens is 1. The number of hydrogen-bond donors (Lipinski definition) is 1. The molecule has 0 fully saturated rings. The van der Waals surface area contributed by atoms with Gasteiger partial charge in [0.25, 0.3) is 0 Å². The summed E-state index contributed by atoms with van der Waals surface area (Å²) in [5.41, 5.74) is 0.736. The standard InChI is InChI=1S/C13H11ClN4O3/c1-2-20-13(19)12-11(16-18-17-12)9-7-8(14)3-4-10(9)21-6-5-15/h3-4,7H,2,6H2,1H3,(H,16,17,18). The lowest BCUT2D eigenvalue weighted by Crippen LogP contribution is -2.07. The van der Waals surface area contributed by atoms with Gasteiger partial charge in [-0.1, -0.05) is 11.6 Å². The maximum atomic E-state index is 11.8. The molecular formula is C13H11ClN4O3. The summed E-state index contributed by atoms with van der Waals surface area (Å²) in [6, 6.07) is 6.66. The quantitative estimate of drug-likeness (QED) is 0.850. The first-order chi connectivity index (χ1) is 10.2. The second-order valence-electron chi connectivity index (χ2n) is 3.83. The first-order valence-corrected chi connectivity index (χ1v) is 6.42. The van der Waals surface area contributed by atoms with Gasteiger partial charge >= 0.3 is 5.97 Å². The lowest BCUT2D eigenvalue weighted by molar-refractivity contribution is 0.0520. The molecule has 21 heavy (non-hydrogen) atoms. The van der Waals surface area contributed by atoms with Crippen LogP contribution in [-0.4, -0.2) is 34.6 Å². The van der Waals surface area contributed by atoms with Gasteiger partial charge in [-0.2, -0.15) is 15.6 Å². The number of rotatable bonds is 5. The Morgan fingerprint density at radius 1 is 1.48 bits per heavy atom. The van der Waals surface area contributed by atoms with Crippen LogP contribution in [0.1, 0.15) is 17.4 Å². The number of benzene rings is 1. The summed E-state index contributed by atoms with van der Waals surface area (Å²) in [5, 5.41) is 19.1. The summed E-state index contributed by atoms with van der Waals surface area (Å²) >= 11 is 5.97. The van der Waals surface area contributed by atoms with Crippen molar-refractivity contribution in [1.29, 1.82) is 5.26 Å². The topological polar surface area (TPSA) is 101 Å². The van der Waals surface area contributed by atoms with Crippen LogP contribution in [0, 0.1) is 11.3 Å². The summed E-state index contributed by atoms with van der Waals surface area (Å²) < 4.78 is 10.2. The number of hydrogen-bond acceptors (Lipinski definition) is 6. The predicted molar refractivity (Wildman–Crippen MR) is 73.9 cm³/mol. The van der Waals surface area contributed by atoms with Gasteiger partial charge in [-0.3, -0.25) is 0 Å². The minimum absolute atomic E-state index is 0.0286. The molecule has 0 atom stereocenters.